The van der Waals surface area contributed by atoms with E-state index in [-0.39, 0.29) is 44.4 Å². The van der Waals surface area contributed by atoms with E-state index in [1.54, 1.807) is 6.07 Å². The van der Waals surface area contributed by atoms with Gasteiger partial charge in [-0.25, -0.2) is 17.2 Å². The van der Waals surface area contributed by atoms with Crippen molar-refractivity contribution in [2.24, 2.45) is 4.99 Å². The number of sulfone groups is 1. The number of carbonyl (C=O) groups excluding carboxylic acids is 1. The number of benzene rings is 2. The van der Waals surface area contributed by atoms with Gasteiger partial charge in [-0.3, -0.25) is 4.79 Å². The van der Waals surface area contributed by atoms with Crippen molar-refractivity contribution < 1.29 is 26.7 Å². The molecule has 6 nitrogen and oxygen atoms in total. The Morgan fingerprint density at radius 1 is 1.20 bits per heavy atom. The lowest BCUT2D eigenvalue weighted by Crippen LogP contribution is -2.21. The number of ether oxygens (including phenoxy) is 1. The zero-order valence-corrected chi connectivity index (χ0v) is 18.0. The minimum absolute atomic E-state index is 0.0696. The number of fused-ring (bicyclic) bond motifs is 1. The third-order valence-electron chi connectivity index (χ3n) is 4.39. The van der Waals surface area contributed by atoms with Crippen LogP contribution < -0.4 is 4.80 Å². The number of aromatic nitrogens is 1. The van der Waals surface area contributed by atoms with E-state index in [9.17, 15) is 22.0 Å². The maximum absolute atomic E-state index is 14.5. The summed E-state index contributed by atoms with van der Waals surface area (Å²) >= 11 is 0.943. The Labute approximate surface area is 176 Å². The van der Waals surface area contributed by atoms with Crippen LogP contribution in [0.15, 0.2) is 46.3 Å². The van der Waals surface area contributed by atoms with Gasteiger partial charge in [0.1, 0.15) is 5.82 Å². The fraction of sp³-hybridized carbons (Fsp3) is 0.300. The van der Waals surface area contributed by atoms with Gasteiger partial charge >= 0.3 is 0 Å². The van der Waals surface area contributed by atoms with Crippen LogP contribution in [-0.4, -0.2) is 37.9 Å². The molecule has 0 saturated heterocycles. The van der Waals surface area contributed by atoms with Crippen LogP contribution in [0.2, 0.25) is 0 Å². The molecule has 0 unspecified atom stereocenters. The predicted octanol–water partition coefficient (Wildman–Crippen LogP) is 3.55. The van der Waals surface area contributed by atoms with Crippen molar-refractivity contribution in [2.75, 3.05) is 19.0 Å². The third kappa shape index (κ3) is 4.50. The van der Waals surface area contributed by atoms with Crippen molar-refractivity contribution in [1.29, 1.82) is 0 Å². The summed E-state index contributed by atoms with van der Waals surface area (Å²) in [5.41, 5.74) is 0.0435. The van der Waals surface area contributed by atoms with Crippen LogP contribution in [0.4, 0.5) is 8.78 Å². The summed E-state index contributed by atoms with van der Waals surface area (Å²) in [7, 11) is -3.64. The second-order valence-corrected chi connectivity index (χ2v) is 9.54. The molecule has 0 radical (unpaired) electrons. The maximum atomic E-state index is 14.5. The molecular formula is C20H20F2N2O4S2. The zero-order valence-electron chi connectivity index (χ0n) is 16.4. The number of halogens is 2. The minimum atomic E-state index is -3.64. The van der Waals surface area contributed by atoms with Crippen LogP contribution >= 0.6 is 11.3 Å². The molecule has 1 amide bonds. The minimum Gasteiger partial charge on any atom is -0.380 e. The van der Waals surface area contributed by atoms with E-state index in [1.807, 2.05) is 6.92 Å². The number of thiazole rings is 1. The van der Waals surface area contributed by atoms with Gasteiger partial charge in [0.25, 0.3) is 5.91 Å². The molecule has 0 spiro atoms. The standard InChI is InChI=1S/C20H20F2N2O4S2/c1-3-28-10-9-24-18-15(22)11-13(21)12-16(18)29-20(24)23-19(25)14-7-5-6-8-17(14)30(26,27)4-2/h5-8,11-12H,3-4,9-10H2,1-2H3. The first kappa shape index (κ1) is 22.3. The first-order valence-corrected chi connectivity index (χ1v) is 11.7. The highest BCUT2D eigenvalue weighted by Crippen LogP contribution is 2.23. The zero-order chi connectivity index (χ0) is 21.9. The number of carbonyl (C=O) groups is 1. The molecular weight excluding hydrogens is 434 g/mol. The van der Waals surface area contributed by atoms with E-state index >= 15 is 0 Å². The summed E-state index contributed by atoms with van der Waals surface area (Å²) in [6, 6.07) is 7.73. The van der Waals surface area contributed by atoms with Gasteiger partial charge < -0.3 is 9.30 Å². The Balaban J connectivity index is 2.18. The van der Waals surface area contributed by atoms with Crippen molar-refractivity contribution in [3.8, 4) is 0 Å². The lowest BCUT2D eigenvalue weighted by atomic mass is 10.2. The van der Waals surface area contributed by atoms with E-state index in [0.717, 1.165) is 17.4 Å². The molecule has 1 heterocycles. The van der Waals surface area contributed by atoms with Crippen LogP contribution in [0.3, 0.4) is 0 Å². The van der Waals surface area contributed by atoms with Gasteiger partial charge in [-0.15, -0.1) is 0 Å². The van der Waals surface area contributed by atoms with Crippen LogP contribution in [0, 0.1) is 11.6 Å². The molecule has 0 fully saturated rings. The van der Waals surface area contributed by atoms with Crippen molar-refractivity contribution in [3.05, 3.63) is 58.4 Å². The van der Waals surface area contributed by atoms with E-state index in [4.69, 9.17) is 4.74 Å². The highest BCUT2D eigenvalue weighted by atomic mass is 32.2. The Morgan fingerprint density at radius 3 is 2.63 bits per heavy atom. The van der Waals surface area contributed by atoms with Crippen LogP contribution in [0.1, 0.15) is 24.2 Å². The molecule has 3 rings (SSSR count). The first-order valence-electron chi connectivity index (χ1n) is 9.25. The second kappa shape index (κ2) is 9.15. The number of rotatable bonds is 7. The summed E-state index contributed by atoms with van der Waals surface area (Å²) < 4.78 is 59.8. The highest BCUT2D eigenvalue weighted by Gasteiger charge is 2.21. The lowest BCUT2D eigenvalue weighted by Gasteiger charge is -2.07. The largest absolute Gasteiger partial charge is 0.380 e. The molecule has 10 heteroatoms. The molecule has 0 atom stereocenters. The van der Waals surface area contributed by atoms with Crippen LogP contribution in [0.25, 0.3) is 10.2 Å². The Kier molecular flexibility index (Phi) is 6.79. The predicted molar refractivity (Wildman–Crippen MR) is 110 cm³/mol. The van der Waals surface area contributed by atoms with E-state index in [1.165, 1.54) is 35.8 Å². The number of amides is 1. The van der Waals surface area contributed by atoms with Crippen molar-refractivity contribution >= 4 is 37.3 Å². The van der Waals surface area contributed by atoms with Crippen molar-refractivity contribution in [2.45, 2.75) is 25.3 Å². The van der Waals surface area contributed by atoms with Gasteiger partial charge in [0, 0.05) is 19.2 Å². The molecule has 0 N–H and O–H groups in total. The van der Waals surface area contributed by atoms with Gasteiger partial charge in [-0.05, 0) is 25.1 Å². The monoisotopic (exact) mass is 454 g/mol. The molecule has 3 aromatic rings. The molecule has 0 aliphatic heterocycles. The molecule has 0 bridgehead atoms. The molecule has 0 aliphatic carbocycles. The van der Waals surface area contributed by atoms with E-state index in [0.29, 0.717) is 6.61 Å². The van der Waals surface area contributed by atoms with E-state index < -0.39 is 27.4 Å². The van der Waals surface area contributed by atoms with Gasteiger partial charge in [-0.1, -0.05) is 30.4 Å². The van der Waals surface area contributed by atoms with Crippen LogP contribution in [0.5, 0.6) is 0 Å². The molecule has 0 aliphatic rings. The summed E-state index contributed by atoms with van der Waals surface area (Å²) in [5, 5.41) is 0. The number of hydrogen-bond donors (Lipinski definition) is 0. The van der Waals surface area contributed by atoms with Crippen LogP contribution in [-0.2, 0) is 21.1 Å². The van der Waals surface area contributed by atoms with Gasteiger partial charge in [0.15, 0.2) is 20.5 Å². The molecule has 0 saturated carbocycles. The average molecular weight is 455 g/mol. The molecule has 2 aromatic carbocycles. The fourth-order valence-electron chi connectivity index (χ4n) is 2.94. The third-order valence-corrected chi connectivity index (χ3v) is 7.20. The highest BCUT2D eigenvalue weighted by molar-refractivity contribution is 7.91. The first-order chi connectivity index (χ1) is 14.3. The van der Waals surface area contributed by atoms with E-state index in [2.05, 4.69) is 4.99 Å². The second-order valence-electron chi connectivity index (χ2n) is 6.28. The Bertz CT molecular complexity index is 1260. The number of hydrogen-bond acceptors (Lipinski definition) is 5. The Morgan fingerprint density at radius 2 is 1.93 bits per heavy atom. The SMILES string of the molecule is CCOCCn1c(=NC(=O)c2ccccc2S(=O)(=O)CC)sc2cc(F)cc(F)c21. The number of nitrogens with zero attached hydrogens (tertiary/aromatic N) is 2. The lowest BCUT2D eigenvalue weighted by molar-refractivity contribution is 0.0993. The summed E-state index contributed by atoms with van der Waals surface area (Å²) in [4.78, 5) is 16.9. The fourth-order valence-corrected chi connectivity index (χ4v) is 5.12. The summed E-state index contributed by atoms with van der Waals surface area (Å²) in [6.45, 7) is 4.18. The van der Waals surface area contributed by atoms with Crippen molar-refractivity contribution in [1.82, 2.24) is 4.57 Å². The topological polar surface area (TPSA) is 77.7 Å². The van der Waals surface area contributed by atoms with Gasteiger partial charge in [0.05, 0.1) is 33.0 Å². The molecule has 1 aromatic heterocycles. The quantitative estimate of drug-likeness (QED) is 0.512. The summed E-state index contributed by atoms with van der Waals surface area (Å²) in [5.74, 6) is -2.46. The smallest absolute Gasteiger partial charge is 0.280 e. The molecule has 160 valence electrons. The van der Waals surface area contributed by atoms with Gasteiger partial charge in [-0.2, -0.15) is 4.99 Å². The normalized spacial score (nSPS) is 12.6. The Hall–Kier alpha value is -2.43. The summed E-state index contributed by atoms with van der Waals surface area (Å²) in [6.07, 6.45) is 0. The van der Waals surface area contributed by atoms with Crippen molar-refractivity contribution in [3.63, 3.8) is 0 Å². The maximum Gasteiger partial charge on any atom is 0.280 e. The average Bonchev–Trinajstić information content (AvgIpc) is 3.05. The van der Waals surface area contributed by atoms with Gasteiger partial charge in [0.2, 0.25) is 0 Å². The molecule has 30 heavy (non-hydrogen) atoms.